The number of nitrogens with one attached hydrogen (secondary N) is 2. The fourth-order valence-corrected chi connectivity index (χ4v) is 4.73. The highest BCUT2D eigenvalue weighted by Crippen LogP contribution is 2.23. The summed E-state index contributed by atoms with van der Waals surface area (Å²) in [7, 11) is -3.90. The third-order valence-corrected chi connectivity index (χ3v) is 6.80. The number of amides is 2. The van der Waals surface area contributed by atoms with Crippen molar-refractivity contribution in [3.8, 4) is 0 Å². The first kappa shape index (κ1) is 23.1. The Morgan fingerprint density at radius 2 is 1.81 bits per heavy atom. The van der Waals surface area contributed by atoms with Crippen molar-refractivity contribution in [3.63, 3.8) is 0 Å². The van der Waals surface area contributed by atoms with E-state index < -0.39 is 15.9 Å². The molecule has 1 aliphatic rings. The number of rotatable bonds is 7. The zero-order chi connectivity index (χ0) is 22.4. The van der Waals surface area contributed by atoms with Gasteiger partial charge in [0, 0.05) is 31.7 Å². The molecule has 0 aliphatic carbocycles. The Hall–Kier alpha value is -2.58. The molecule has 7 nitrogen and oxygen atoms in total. The van der Waals surface area contributed by atoms with Gasteiger partial charge in [0.25, 0.3) is 15.9 Å². The average Bonchev–Trinajstić information content (AvgIpc) is 2.74. The van der Waals surface area contributed by atoms with Gasteiger partial charge in [-0.05, 0) is 62.1 Å². The number of sulfonamides is 1. The Morgan fingerprint density at radius 1 is 1.06 bits per heavy atom. The van der Waals surface area contributed by atoms with Gasteiger partial charge in [-0.3, -0.25) is 14.3 Å². The van der Waals surface area contributed by atoms with Gasteiger partial charge in [-0.1, -0.05) is 23.7 Å². The van der Waals surface area contributed by atoms with Crippen LogP contribution in [0.1, 0.15) is 41.6 Å². The van der Waals surface area contributed by atoms with Gasteiger partial charge < -0.3 is 10.2 Å². The molecule has 31 heavy (non-hydrogen) atoms. The van der Waals surface area contributed by atoms with Gasteiger partial charge in [0.2, 0.25) is 5.91 Å². The van der Waals surface area contributed by atoms with Gasteiger partial charge in [-0.25, -0.2) is 8.42 Å². The maximum Gasteiger partial charge on any atom is 0.261 e. The fraction of sp³-hybridized carbons (Fsp3) is 0.364. The molecular formula is C22H26ClN3O4S. The SMILES string of the molecule is Cc1cccc(NS(=O)(=O)c2ccc(Cl)c(C(=O)NCCC(=O)N3CCCCC3)c2)c1. The number of likely N-dealkylation sites (tertiary alicyclic amines) is 1. The maximum atomic E-state index is 12.7. The number of nitrogens with zero attached hydrogens (tertiary/aromatic N) is 1. The van der Waals surface area contributed by atoms with E-state index in [1.54, 1.807) is 18.2 Å². The molecule has 0 bridgehead atoms. The fourth-order valence-electron chi connectivity index (χ4n) is 3.45. The van der Waals surface area contributed by atoms with Crippen molar-refractivity contribution in [2.24, 2.45) is 0 Å². The summed E-state index contributed by atoms with van der Waals surface area (Å²) in [5.41, 5.74) is 1.38. The Bertz CT molecular complexity index is 1070. The molecule has 166 valence electrons. The molecule has 0 unspecified atom stereocenters. The van der Waals surface area contributed by atoms with Gasteiger partial charge in [0.15, 0.2) is 0 Å². The number of halogens is 1. The van der Waals surface area contributed by atoms with Crippen molar-refractivity contribution in [1.82, 2.24) is 10.2 Å². The minimum Gasteiger partial charge on any atom is -0.351 e. The lowest BCUT2D eigenvalue weighted by molar-refractivity contribution is -0.131. The quantitative estimate of drug-likeness (QED) is 0.656. The van der Waals surface area contributed by atoms with Crippen LogP contribution in [0.25, 0.3) is 0 Å². The summed E-state index contributed by atoms with van der Waals surface area (Å²) in [6.07, 6.45) is 3.34. The standard InChI is InChI=1S/C22H26ClN3O4S/c1-16-6-5-7-17(14-16)25-31(29,30)18-8-9-20(23)19(15-18)22(28)24-11-10-21(27)26-12-3-2-4-13-26/h5-9,14-15,25H,2-4,10-13H2,1H3,(H,24,28). The first-order valence-corrected chi connectivity index (χ1v) is 12.1. The summed E-state index contributed by atoms with van der Waals surface area (Å²) >= 11 is 6.13. The number of benzene rings is 2. The lowest BCUT2D eigenvalue weighted by Gasteiger charge is -2.26. The van der Waals surface area contributed by atoms with Crippen LogP contribution in [0.2, 0.25) is 5.02 Å². The van der Waals surface area contributed by atoms with Crippen LogP contribution >= 0.6 is 11.6 Å². The zero-order valence-corrected chi connectivity index (χ0v) is 18.9. The van der Waals surface area contributed by atoms with E-state index in [1.165, 1.54) is 18.2 Å². The van der Waals surface area contributed by atoms with Gasteiger partial charge in [-0.15, -0.1) is 0 Å². The molecule has 3 rings (SSSR count). The van der Waals surface area contributed by atoms with Crippen LogP contribution in [-0.2, 0) is 14.8 Å². The predicted molar refractivity (Wildman–Crippen MR) is 121 cm³/mol. The maximum absolute atomic E-state index is 12.7. The molecule has 1 saturated heterocycles. The second-order valence-corrected chi connectivity index (χ2v) is 9.65. The highest BCUT2D eigenvalue weighted by Gasteiger charge is 2.20. The number of carbonyl (C=O) groups is 2. The third kappa shape index (κ3) is 6.21. The number of hydrogen-bond acceptors (Lipinski definition) is 4. The minimum atomic E-state index is -3.90. The molecule has 2 aromatic carbocycles. The van der Waals surface area contributed by atoms with E-state index >= 15 is 0 Å². The van der Waals surface area contributed by atoms with Crippen molar-refractivity contribution in [2.45, 2.75) is 37.5 Å². The van der Waals surface area contributed by atoms with Gasteiger partial charge in [-0.2, -0.15) is 0 Å². The summed E-state index contributed by atoms with van der Waals surface area (Å²) in [6.45, 7) is 3.53. The molecular weight excluding hydrogens is 438 g/mol. The molecule has 0 saturated carbocycles. The van der Waals surface area contributed by atoms with Crippen LogP contribution in [-0.4, -0.2) is 44.8 Å². The summed E-state index contributed by atoms with van der Waals surface area (Å²) in [5.74, 6) is -0.520. The largest absolute Gasteiger partial charge is 0.351 e. The zero-order valence-electron chi connectivity index (χ0n) is 17.4. The molecule has 1 aliphatic heterocycles. The predicted octanol–water partition coefficient (Wildman–Crippen LogP) is 3.58. The van der Waals surface area contributed by atoms with Crippen molar-refractivity contribution in [2.75, 3.05) is 24.4 Å². The van der Waals surface area contributed by atoms with Crippen LogP contribution < -0.4 is 10.0 Å². The van der Waals surface area contributed by atoms with Crippen LogP contribution in [0.5, 0.6) is 0 Å². The molecule has 2 aromatic rings. The molecule has 9 heteroatoms. The van der Waals surface area contributed by atoms with Gasteiger partial charge >= 0.3 is 0 Å². The van der Waals surface area contributed by atoms with E-state index in [4.69, 9.17) is 11.6 Å². The van der Waals surface area contributed by atoms with Crippen LogP contribution in [0.4, 0.5) is 5.69 Å². The molecule has 0 radical (unpaired) electrons. The summed E-state index contributed by atoms with van der Waals surface area (Å²) in [4.78, 5) is 26.5. The normalized spacial score (nSPS) is 14.2. The summed E-state index contributed by atoms with van der Waals surface area (Å²) in [6, 6.07) is 10.9. The van der Waals surface area contributed by atoms with E-state index in [0.717, 1.165) is 37.9 Å². The first-order chi connectivity index (χ1) is 14.8. The van der Waals surface area contributed by atoms with Gasteiger partial charge in [0.1, 0.15) is 0 Å². The smallest absolute Gasteiger partial charge is 0.261 e. The number of piperidine rings is 1. The lowest BCUT2D eigenvalue weighted by atomic mass is 10.1. The lowest BCUT2D eigenvalue weighted by Crippen LogP contribution is -2.37. The number of carbonyl (C=O) groups excluding carboxylic acids is 2. The molecule has 0 aromatic heterocycles. The molecule has 1 fully saturated rings. The second-order valence-electron chi connectivity index (χ2n) is 7.56. The second kappa shape index (κ2) is 10.2. The van der Waals surface area contributed by atoms with Crippen molar-refractivity contribution < 1.29 is 18.0 Å². The van der Waals surface area contributed by atoms with E-state index in [-0.39, 0.29) is 34.4 Å². The van der Waals surface area contributed by atoms with Crippen molar-refractivity contribution in [1.29, 1.82) is 0 Å². The van der Waals surface area contributed by atoms with E-state index in [9.17, 15) is 18.0 Å². The van der Waals surface area contributed by atoms with Crippen molar-refractivity contribution in [3.05, 3.63) is 58.6 Å². The first-order valence-electron chi connectivity index (χ1n) is 10.2. The van der Waals surface area contributed by atoms with Crippen LogP contribution in [0.3, 0.4) is 0 Å². The Kier molecular flexibility index (Phi) is 7.56. The average molecular weight is 464 g/mol. The number of hydrogen-bond donors (Lipinski definition) is 2. The number of aryl methyl sites for hydroxylation is 1. The van der Waals surface area contributed by atoms with Gasteiger partial charge in [0.05, 0.1) is 15.5 Å². The Labute approximate surface area is 187 Å². The molecule has 1 heterocycles. The van der Waals surface area contributed by atoms with E-state index in [2.05, 4.69) is 10.0 Å². The van der Waals surface area contributed by atoms with E-state index in [1.807, 2.05) is 17.9 Å². The highest BCUT2D eigenvalue weighted by atomic mass is 35.5. The monoisotopic (exact) mass is 463 g/mol. The Balaban J connectivity index is 1.65. The summed E-state index contributed by atoms with van der Waals surface area (Å²) < 4.78 is 28.0. The molecule has 2 N–H and O–H groups in total. The van der Waals surface area contributed by atoms with Crippen LogP contribution in [0.15, 0.2) is 47.4 Å². The third-order valence-electron chi connectivity index (χ3n) is 5.10. The number of anilines is 1. The van der Waals surface area contributed by atoms with E-state index in [0.29, 0.717) is 5.69 Å². The molecule has 2 amide bonds. The minimum absolute atomic E-state index is 0.00443. The molecule has 0 atom stereocenters. The topological polar surface area (TPSA) is 95.6 Å². The Morgan fingerprint density at radius 3 is 2.52 bits per heavy atom. The van der Waals surface area contributed by atoms with Crippen molar-refractivity contribution >= 4 is 39.1 Å². The molecule has 0 spiro atoms. The van der Waals surface area contributed by atoms with Crippen LogP contribution in [0, 0.1) is 6.92 Å². The summed E-state index contributed by atoms with van der Waals surface area (Å²) in [5, 5.41) is 2.79. The highest BCUT2D eigenvalue weighted by molar-refractivity contribution is 7.92.